The van der Waals surface area contributed by atoms with Crippen LogP contribution >= 0.6 is 0 Å². The predicted molar refractivity (Wildman–Crippen MR) is 83.4 cm³/mol. The van der Waals surface area contributed by atoms with Crippen molar-refractivity contribution in [1.82, 2.24) is 15.3 Å². The van der Waals surface area contributed by atoms with Gasteiger partial charge in [0.1, 0.15) is 5.82 Å². The molecule has 0 spiro atoms. The lowest BCUT2D eigenvalue weighted by Gasteiger charge is -2.54. The first-order valence-corrected chi connectivity index (χ1v) is 7.80. The topological polar surface area (TPSA) is 60.9 Å². The fourth-order valence-electron chi connectivity index (χ4n) is 3.47. The van der Waals surface area contributed by atoms with Crippen molar-refractivity contribution < 1.29 is 18.3 Å². The van der Waals surface area contributed by atoms with E-state index in [9.17, 15) is 18.3 Å². The minimum Gasteiger partial charge on any atom is -0.380 e. The highest BCUT2D eigenvalue weighted by Gasteiger charge is 2.67. The second kappa shape index (κ2) is 5.89. The van der Waals surface area contributed by atoms with Gasteiger partial charge in [0.25, 0.3) is 0 Å². The lowest BCUT2D eigenvalue weighted by Crippen LogP contribution is -2.65. The van der Waals surface area contributed by atoms with Gasteiger partial charge in [-0.25, -0.2) is 4.98 Å². The first-order valence-electron chi connectivity index (χ1n) is 7.80. The molecule has 3 rings (SSSR count). The van der Waals surface area contributed by atoms with Gasteiger partial charge in [-0.2, -0.15) is 13.2 Å². The number of benzene rings is 1. The number of halogens is 3. The van der Waals surface area contributed by atoms with Crippen molar-refractivity contribution in [3.05, 3.63) is 53.6 Å². The highest BCUT2D eigenvalue weighted by atomic mass is 19.4. The number of alkyl halides is 3. The van der Waals surface area contributed by atoms with E-state index in [-0.39, 0.29) is 12.8 Å². The molecule has 7 heteroatoms. The number of aromatic amines is 1. The molecule has 0 saturated heterocycles. The van der Waals surface area contributed by atoms with E-state index in [0.29, 0.717) is 13.1 Å². The van der Waals surface area contributed by atoms with E-state index in [1.165, 1.54) is 0 Å². The number of imidazole rings is 1. The maximum atomic E-state index is 13.0. The van der Waals surface area contributed by atoms with Gasteiger partial charge in [0, 0.05) is 23.9 Å². The summed E-state index contributed by atoms with van der Waals surface area (Å²) in [5.41, 5.74) is -1.60. The molecule has 1 heterocycles. The first-order chi connectivity index (χ1) is 11.2. The fourth-order valence-corrected chi connectivity index (χ4v) is 3.47. The second-order valence-electron chi connectivity index (χ2n) is 6.65. The van der Waals surface area contributed by atoms with Crippen molar-refractivity contribution in [1.29, 1.82) is 0 Å². The van der Waals surface area contributed by atoms with Crippen LogP contribution in [0.5, 0.6) is 0 Å². The number of hydrogen-bond donors (Lipinski definition) is 3. The summed E-state index contributed by atoms with van der Waals surface area (Å²) in [6, 6.07) is 9.06. The molecule has 0 radical (unpaired) electrons. The Morgan fingerprint density at radius 2 is 1.92 bits per heavy atom. The minimum atomic E-state index is -4.61. The maximum Gasteiger partial charge on any atom is 0.417 e. The number of H-pyrrole nitrogens is 1. The third-order valence-electron chi connectivity index (χ3n) is 4.69. The van der Waals surface area contributed by atoms with Gasteiger partial charge in [0.15, 0.2) is 5.60 Å². The number of rotatable bonds is 5. The number of aryl methyl sites for hydroxylation is 1. The van der Waals surface area contributed by atoms with E-state index >= 15 is 0 Å². The molecule has 1 aliphatic carbocycles. The second-order valence-corrected chi connectivity index (χ2v) is 6.65. The third-order valence-corrected chi connectivity index (χ3v) is 4.69. The monoisotopic (exact) mass is 339 g/mol. The Bertz CT molecular complexity index is 691. The molecule has 1 aromatic heterocycles. The molecule has 0 unspecified atom stereocenters. The van der Waals surface area contributed by atoms with Gasteiger partial charge in [0.05, 0.1) is 6.54 Å². The van der Waals surface area contributed by atoms with Crippen LogP contribution in [0.3, 0.4) is 0 Å². The Labute approximate surface area is 138 Å². The maximum absolute atomic E-state index is 13.0. The van der Waals surface area contributed by atoms with E-state index in [4.69, 9.17) is 0 Å². The number of aliphatic hydroxyl groups is 1. The Hall–Kier alpha value is -1.86. The van der Waals surface area contributed by atoms with Crippen LogP contribution in [0.15, 0.2) is 36.5 Å². The molecule has 0 bridgehead atoms. The van der Waals surface area contributed by atoms with Crippen molar-refractivity contribution >= 4 is 0 Å². The van der Waals surface area contributed by atoms with Crippen LogP contribution < -0.4 is 5.32 Å². The predicted octanol–water partition coefficient (Wildman–Crippen LogP) is 2.83. The molecule has 1 fully saturated rings. The molecule has 0 aliphatic heterocycles. The molecule has 130 valence electrons. The Kier molecular flexibility index (Phi) is 4.17. The van der Waals surface area contributed by atoms with Crippen molar-refractivity contribution in [2.24, 2.45) is 0 Å². The first kappa shape index (κ1) is 17.0. The quantitative estimate of drug-likeness (QED) is 0.785. The minimum absolute atomic E-state index is 0.336. The smallest absolute Gasteiger partial charge is 0.380 e. The van der Waals surface area contributed by atoms with Crippen LogP contribution in [-0.2, 0) is 12.0 Å². The summed E-state index contributed by atoms with van der Waals surface area (Å²) in [4.78, 5) is 7.25. The van der Waals surface area contributed by atoms with E-state index < -0.39 is 17.2 Å². The zero-order valence-electron chi connectivity index (χ0n) is 13.3. The van der Waals surface area contributed by atoms with Gasteiger partial charge in [-0.1, -0.05) is 30.3 Å². The van der Waals surface area contributed by atoms with Crippen LogP contribution in [0.2, 0.25) is 0 Å². The normalized spacial score (nSPS) is 27.0. The van der Waals surface area contributed by atoms with Crippen molar-refractivity contribution in [2.45, 2.75) is 43.5 Å². The Morgan fingerprint density at radius 1 is 1.25 bits per heavy atom. The van der Waals surface area contributed by atoms with Gasteiger partial charge in [-0.15, -0.1) is 0 Å². The van der Waals surface area contributed by atoms with Gasteiger partial charge >= 0.3 is 6.18 Å². The van der Waals surface area contributed by atoms with Gasteiger partial charge < -0.3 is 15.4 Å². The summed E-state index contributed by atoms with van der Waals surface area (Å²) in [6.45, 7) is 2.67. The van der Waals surface area contributed by atoms with Crippen molar-refractivity contribution in [3.63, 3.8) is 0 Å². The summed E-state index contributed by atoms with van der Waals surface area (Å²) >= 11 is 0. The Balaban J connectivity index is 1.73. The number of hydrogen-bond acceptors (Lipinski definition) is 3. The molecular formula is C17H20F3N3O. The average molecular weight is 339 g/mol. The highest BCUT2D eigenvalue weighted by molar-refractivity contribution is 5.33. The van der Waals surface area contributed by atoms with E-state index in [1.54, 1.807) is 18.3 Å². The van der Waals surface area contributed by atoms with Crippen LogP contribution in [-0.4, -0.2) is 33.4 Å². The molecule has 24 heavy (non-hydrogen) atoms. The Morgan fingerprint density at radius 3 is 2.46 bits per heavy atom. The summed E-state index contributed by atoms with van der Waals surface area (Å²) in [6.07, 6.45) is -3.57. The third kappa shape index (κ3) is 3.06. The largest absolute Gasteiger partial charge is 0.417 e. The molecule has 1 aliphatic rings. The lowest BCUT2D eigenvalue weighted by atomic mass is 9.55. The standard InChI is InChI=1S/C17H20F3N3O/c1-12-7-22-14(23-12)8-21-11-15(13-5-3-2-4-6-13)9-16(24,10-15)17(18,19)20/h2-7,21,24H,8-11H2,1H3,(H,22,23). The van der Waals surface area contributed by atoms with Crippen LogP contribution in [0.4, 0.5) is 13.2 Å². The van der Waals surface area contributed by atoms with Crippen molar-refractivity contribution in [2.75, 3.05) is 6.54 Å². The molecule has 3 N–H and O–H groups in total. The summed E-state index contributed by atoms with van der Waals surface area (Å²) < 4.78 is 39.1. The summed E-state index contributed by atoms with van der Waals surface area (Å²) in [5.74, 6) is 0.737. The van der Waals surface area contributed by atoms with E-state index in [2.05, 4.69) is 15.3 Å². The zero-order valence-corrected chi connectivity index (χ0v) is 13.3. The molecule has 2 aromatic rings. The number of aromatic nitrogens is 2. The van der Waals surface area contributed by atoms with Gasteiger partial charge in [-0.3, -0.25) is 0 Å². The van der Waals surface area contributed by atoms with Crippen LogP contribution in [0.25, 0.3) is 0 Å². The fraction of sp³-hybridized carbons (Fsp3) is 0.471. The average Bonchev–Trinajstić information content (AvgIpc) is 2.90. The lowest BCUT2D eigenvalue weighted by molar-refractivity contribution is -0.303. The SMILES string of the molecule is Cc1cnc(CNCC2(c3ccccc3)CC(O)(C(F)(F)F)C2)[nH]1. The molecular weight excluding hydrogens is 319 g/mol. The van der Waals surface area contributed by atoms with Gasteiger partial charge in [0.2, 0.25) is 0 Å². The van der Waals surface area contributed by atoms with E-state index in [1.807, 2.05) is 25.1 Å². The number of nitrogens with one attached hydrogen (secondary N) is 2. The number of nitrogens with zero attached hydrogens (tertiary/aromatic N) is 1. The van der Waals surface area contributed by atoms with Crippen LogP contribution in [0, 0.1) is 6.92 Å². The summed E-state index contributed by atoms with van der Waals surface area (Å²) in [7, 11) is 0. The van der Waals surface area contributed by atoms with Crippen molar-refractivity contribution in [3.8, 4) is 0 Å². The zero-order chi connectivity index (χ0) is 17.4. The summed E-state index contributed by atoms with van der Waals surface area (Å²) in [5, 5.41) is 13.1. The van der Waals surface area contributed by atoms with E-state index in [0.717, 1.165) is 17.1 Å². The van der Waals surface area contributed by atoms with Gasteiger partial charge in [-0.05, 0) is 25.3 Å². The molecule has 4 nitrogen and oxygen atoms in total. The molecule has 0 amide bonds. The highest BCUT2D eigenvalue weighted by Crippen LogP contribution is 2.56. The molecule has 1 aromatic carbocycles. The van der Waals surface area contributed by atoms with Crippen LogP contribution in [0.1, 0.15) is 29.9 Å². The molecule has 0 atom stereocenters. The molecule has 1 saturated carbocycles.